The van der Waals surface area contributed by atoms with Crippen molar-refractivity contribution in [3.63, 3.8) is 0 Å². The van der Waals surface area contributed by atoms with Crippen LogP contribution in [0.5, 0.6) is 5.75 Å². The van der Waals surface area contributed by atoms with Crippen molar-refractivity contribution in [2.75, 3.05) is 7.11 Å². The lowest BCUT2D eigenvalue weighted by Gasteiger charge is -2.05. The Balaban J connectivity index is 3.27. The lowest BCUT2D eigenvalue weighted by molar-refractivity contribution is 0.387. The molecular formula is C9H11ClFN5O. The van der Waals surface area contributed by atoms with E-state index in [4.69, 9.17) is 33.5 Å². The number of hydrogen-bond donors (Lipinski definition) is 3. The number of ether oxygens (including phenoxy) is 1. The van der Waals surface area contributed by atoms with E-state index in [1.54, 1.807) is 0 Å². The number of rotatable bonds is 2. The van der Waals surface area contributed by atoms with Gasteiger partial charge in [0.25, 0.3) is 0 Å². The van der Waals surface area contributed by atoms with Crippen LogP contribution in [0, 0.1) is 5.82 Å². The van der Waals surface area contributed by atoms with Gasteiger partial charge in [0.1, 0.15) is 5.69 Å². The quantitative estimate of drug-likeness (QED) is 0.536. The van der Waals surface area contributed by atoms with Gasteiger partial charge < -0.3 is 21.9 Å². The molecule has 0 aliphatic heterocycles. The van der Waals surface area contributed by atoms with Crippen molar-refractivity contribution in [2.24, 2.45) is 27.2 Å². The van der Waals surface area contributed by atoms with Crippen LogP contribution in [-0.2, 0) is 0 Å². The maximum atomic E-state index is 13.7. The van der Waals surface area contributed by atoms with Gasteiger partial charge in [-0.05, 0) is 12.1 Å². The van der Waals surface area contributed by atoms with Crippen molar-refractivity contribution in [1.82, 2.24) is 0 Å². The Kier molecular flexibility index (Phi) is 4.11. The second-order valence-corrected chi connectivity index (χ2v) is 3.33. The van der Waals surface area contributed by atoms with Crippen molar-refractivity contribution >= 4 is 29.2 Å². The Morgan fingerprint density at radius 1 is 1.35 bits per heavy atom. The van der Waals surface area contributed by atoms with Crippen LogP contribution in [0.2, 0.25) is 5.02 Å². The Labute approximate surface area is 102 Å². The molecule has 0 fully saturated rings. The van der Waals surface area contributed by atoms with Crippen LogP contribution >= 0.6 is 11.6 Å². The van der Waals surface area contributed by atoms with E-state index in [-0.39, 0.29) is 28.4 Å². The monoisotopic (exact) mass is 259 g/mol. The number of benzene rings is 1. The highest BCUT2D eigenvalue weighted by Crippen LogP contribution is 2.33. The summed E-state index contributed by atoms with van der Waals surface area (Å²) in [6.07, 6.45) is 0. The van der Waals surface area contributed by atoms with Crippen molar-refractivity contribution in [1.29, 1.82) is 0 Å². The highest BCUT2D eigenvalue weighted by Gasteiger charge is 2.12. The fourth-order valence-corrected chi connectivity index (χ4v) is 1.24. The average Bonchev–Trinajstić information content (AvgIpc) is 2.23. The zero-order chi connectivity index (χ0) is 13.0. The Morgan fingerprint density at radius 3 is 2.53 bits per heavy atom. The summed E-state index contributed by atoms with van der Waals surface area (Å²) >= 11 is 5.77. The van der Waals surface area contributed by atoms with E-state index < -0.39 is 5.82 Å². The number of halogens is 2. The minimum atomic E-state index is -0.742. The van der Waals surface area contributed by atoms with Crippen LogP contribution in [-0.4, -0.2) is 19.0 Å². The van der Waals surface area contributed by atoms with E-state index in [2.05, 4.69) is 9.98 Å². The third-order valence-corrected chi connectivity index (χ3v) is 2.03. The summed E-state index contributed by atoms with van der Waals surface area (Å²) in [7, 11) is 1.32. The maximum Gasteiger partial charge on any atom is 0.223 e. The molecule has 0 bridgehead atoms. The number of nitrogens with two attached hydrogens (primary N) is 3. The maximum absolute atomic E-state index is 13.7. The molecule has 1 rings (SSSR count). The lowest BCUT2D eigenvalue weighted by atomic mass is 10.3. The second-order valence-electron chi connectivity index (χ2n) is 2.92. The van der Waals surface area contributed by atoms with Crippen molar-refractivity contribution < 1.29 is 9.13 Å². The van der Waals surface area contributed by atoms with Crippen LogP contribution in [0.4, 0.5) is 10.1 Å². The molecule has 0 aliphatic rings. The summed E-state index contributed by atoms with van der Waals surface area (Å²) in [5, 5.41) is 0.0667. The smallest absolute Gasteiger partial charge is 0.223 e. The molecule has 0 unspecified atom stereocenters. The molecule has 6 N–H and O–H groups in total. The summed E-state index contributed by atoms with van der Waals surface area (Å²) in [5.74, 6) is -1.34. The fourth-order valence-electron chi connectivity index (χ4n) is 1.05. The number of aliphatic imine (C=N–C) groups is 2. The summed E-state index contributed by atoms with van der Waals surface area (Å²) in [6.45, 7) is 0. The number of hydrogen-bond acceptors (Lipinski definition) is 2. The van der Waals surface area contributed by atoms with Crippen LogP contribution in [0.1, 0.15) is 0 Å². The molecule has 0 saturated heterocycles. The zero-order valence-corrected chi connectivity index (χ0v) is 9.70. The average molecular weight is 260 g/mol. The molecule has 92 valence electrons. The van der Waals surface area contributed by atoms with Gasteiger partial charge in [-0.2, -0.15) is 4.99 Å². The molecule has 8 heteroatoms. The highest BCUT2D eigenvalue weighted by atomic mass is 35.5. The molecule has 0 aromatic heterocycles. The van der Waals surface area contributed by atoms with Gasteiger partial charge in [-0.1, -0.05) is 11.6 Å². The third kappa shape index (κ3) is 3.22. The van der Waals surface area contributed by atoms with Crippen LogP contribution in [0.15, 0.2) is 22.1 Å². The van der Waals surface area contributed by atoms with Crippen LogP contribution in [0.3, 0.4) is 0 Å². The molecular weight excluding hydrogens is 249 g/mol. The molecule has 0 saturated carbocycles. The second kappa shape index (κ2) is 5.35. The van der Waals surface area contributed by atoms with E-state index in [0.717, 1.165) is 0 Å². The van der Waals surface area contributed by atoms with E-state index in [0.29, 0.717) is 0 Å². The van der Waals surface area contributed by atoms with Crippen molar-refractivity contribution in [2.45, 2.75) is 0 Å². The predicted molar refractivity (Wildman–Crippen MR) is 65.1 cm³/mol. The Morgan fingerprint density at radius 2 is 2.00 bits per heavy atom. The fraction of sp³-hybridized carbons (Fsp3) is 0.111. The van der Waals surface area contributed by atoms with Crippen molar-refractivity contribution in [3.8, 4) is 5.75 Å². The number of nitrogens with zero attached hydrogens (tertiary/aromatic N) is 2. The van der Waals surface area contributed by atoms with Crippen LogP contribution in [0.25, 0.3) is 0 Å². The predicted octanol–water partition coefficient (Wildman–Crippen LogP) is 0.707. The molecule has 1 aromatic carbocycles. The van der Waals surface area contributed by atoms with Crippen molar-refractivity contribution in [3.05, 3.63) is 23.0 Å². The molecule has 0 aliphatic carbocycles. The minimum Gasteiger partial charge on any atom is -0.494 e. The van der Waals surface area contributed by atoms with Crippen LogP contribution < -0.4 is 21.9 Å². The molecule has 0 atom stereocenters. The van der Waals surface area contributed by atoms with Gasteiger partial charge >= 0.3 is 0 Å². The normalized spacial score (nSPS) is 11.1. The topological polar surface area (TPSA) is 112 Å². The number of guanidine groups is 2. The van der Waals surface area contributed by atoms with E-state index in [9.17, 15) is 4.39 Å². The summed E-state index contributed by atoms with van der Waals surface area (Å²) in [5.41, 5.74) is 15.4. The summed E-state index contributed by atoms with van der Waals surface area (Å²) in [4.78, 5) is 7.11. The Hall–Kier alpha value is -2.02. The van der Waals surface area contributed by atoms with Gasteiger partial charge in [-0.3, -0.25) is 0 Å². The molecule has 17 heavy (non-hydrogen) atoms. The number of methoxy groups -OCH3 is 1. The van der Waals surface area contributed by atoms with Gasteiger partial charge in [0, 0.05) is 0 Å². The largest absolute Gasteiger partial charge is 0.494 e. The first kappa shape index (κ1) is 13.0. The molecule has 6 nitrogen and oxygen atoms in total. The molecule has 0 spiro atoms. The molecule has 1 aromatic rings. The van der Waals surface area contributed by atoms with E-state index >= 15 is 0 Å². The van der Waals surface area contributed by atoms with Gasteiger partial charge in [0.15, 0.2) is 17.5 Å². The summed E-state index contributed by atoms with van der Waals surface area (Å²) < 4.78 is 18.5. The SMILES string of the molecule is COc1ccc(Cl)c(N=C(N)N=C(N)N)c1F. The molecule has 0 amide bonds. The first-order valence-corrected chi connectivity index (χ1v) is 4.79. The van der Waals surface area contributed by atoms with E-state index in [1.807, 2.05) is 0 Å². The standard InChI is InChI=1S/C9H11ClFN5O/c1-17-5-3-2-4(10)7(6(5)11)15-9(14)16-8(12)13/h2-3H,1H3,(H6,12,13,14,15,16). The zero-order valence-electron chi connectivity index (χ0n) is 8.95. The lowest BCUT2D eigenvalue weighted by Crippen LogP contribution is -2.26. The Bertz CT molecular complexity index is 485. The minimum absolute atomic E-state index is 0.00866. The molecule has 0 heterocycles. The first-order valence-electron chi connectivity index (χ1n) is 4.41. The third-order valence-electron chi connectivity index (χ3n) is 1.72. The van der Waals surface area contributed by atoms with E-state index in [1.165, 1.54) is 19.2 Å². The summed E-state index contributed by atoms with van der Waals surface area (Å²) in [6, 6.07) is 2.79. The molecule has 0 radical (unpaired) electrons. The van der Waals surface area contributed by atoms with Gasteiger partial charge in [0.2, 0.25) is 5.96 Å². The van der Waals surface area contributed by atoms with Gasteiger partial charge in [0.05, 0.1) is 12.1 Å². The van der Waals surface area contributed by atoms with Gasteiger partial charge in [-0.25, -0.2) is 9.38 Å². The first-order chi connectivity index (χ1) is 7.95. The van der Waals surface area contributed by atoms with Gasteiger partial charge in [-0.15, -0.1) is 0 Å². The highest BCUT2D eigenvalue weighted by molar-refractivity contribution is 6.33.